The Hall–Kier alpha value is -1.98. The molecule has 0 unspecified atom stereocenters. The number of carbonyl (C=O) groups is 4. The Kier molecular flexibility index (Phi) is 4.21. The molecule has 76 valence electrons. The molecule has 0 amide bonds. The van der Waals surface area contributed by atoms with Crippen molar-refractivity contribution in [2.24, 2.45) is 0 Å². The van der Waals surface area contributed by atoms with Crippen LogP contribution in [-0.2, 0) is 19.2 Å². The summed E-state index contributed by atoms with van der Waals surface area (Å²) >= 11 is 0. The van der Waals surface area contributed by atoms with Crippen LogP contribution in [0.1, 0.15) is 13.3 Å². The molecule has 0 atom stereocenters. The largest absolute Gasteiger partial charge is 0.478 e. The number of carboxylic acid groups (broad SMARTS) is 2. The lowest BCUT2D eigenvalue weighted by Crippen LogP contribution is -2.16. The number of aliphatic carboxylic acids is 2. The van der Waals surface area contributed by atoms with Crippen molar-refractivity contribution in [3.63, 3.8) is 0 Å². The quantitative estimate of drug-likeness (QED) is 0.356. The van der Waals surface area contributed by atoms with E-state index in [-0.39, 0.29) is 5.57 Å². The van der Waals surface area contributed by atoms with Gasteiger partial charge in [0.05, 0.1) is 6.42 Å². The zero-order valence-electron chi connectivity index (χ0n) is 7.31. The van der Waals surface area contributed by atoms with E-state index in [4.69, 9.17) is 10.2 Å². The van der Waals surface area contributed by atoms with Gasteiger partial charge in [0, 0.05) is 5.57 Å². The molecule has 0 rings (SSSR count). The second-order valence-electron chi connectivity index (χ2n) is 2.50. The highest BCUT2D eigenvalue weighted by molar-refractivity contribution is 6.37. The van der Waals surface area contributed by atoms with E-state index in [2.05, 4.69) is 0 Å². The Morgan fingerprint density at radius 1 is 1.07 bits per heavy atom. The molecule has 0 bridgehead atoms. The van der Waals surface area contributed by atoms with Crippen LogP contribution < -0.4 is 0 Å². The van der Waals surface area contributed by atoms with Gasteiger partial charge in [0.2, 0.25) is 5.78 Å². The third-order valence-electron chi connectivity index (χ3n) is 1.29. The van der Waals surface area contributed by atoms with Crippen molar-refractivity contribution in [3.8, 4) is 0 Å². The first kappa shape index (κ1) is 12.0. The topological polar surface area (TPSA) is 109 Å². The Balaban J connectivity index is 4.39. The Labute approximate surface area is 78.8 Å². The van der Waals surface area contributed by atoms with Crippen LogP contribution in [-0.4, -0.2) is 33.7 Å². The maximum absolute atomic E-state index is 10.8. The number of Topliss-reactive ketones (excluding diaryl/α,β-unsaturated/α-hetero) is 1. The summed E-state index contributed by atoms with van der Waals surface area (Å²) in [4.78, 5) is 41.6. The van der Waals surface area contributed by atoms with E-state index in [0.29, 0.717) is 0 Å². The highest BCUT2D eigenvalue weighted by Crippen LogP contribution is 1.96. The van der Waals surface area contributed by atoms with Crippen LogP contribution in [0.2, 0.25) is 0 Å². The van der Waals surface area contributed by atoms with Crippen molar-refractivity contribution < 1.29 is 29.4 Å². The van der Waals surface area contributed by atoms with Crippen molar-refractivity contribution in [1.29, 1.82) is 0 Å². The fraction of sp³-hybridized carbons (Fsp3) is 0.250. The average molecular weight is 200 g/mol. The molecule has 0 aliphatic carbocycles. The molecule has 6 heteroatoms. The van der Waals surface area contributed by atoms with Crippen LogP contribution in [0.15, 0.2) is 11.6 Å². The fourth-order valence-corrected chi connectivity index (χ4v) is 0.588. The maximum atomic E-state index is 10.8. The van der Waals surface area contributed by atoms with Crippen molar-refractivity contribution in [1.82, 2.24) is 0 Å². The molecular weight excluding hydrogens is 192 g/mol. The number of hydrogen-bond donors (Lipinski definition) is 2. The molecule has 0 saturated heterocycles. The first-order valence-corrected chi connectivity index (χ1v) is 3.55. The van der Waals surface area contributed by atoms with E-state index in [1.807, 2.05) is 0 Å². The summed E-state index contributed by atoms with van der Waals surface area (Å²) in [5, 5.41) is 16.5. The molecule has 0 aromatic carbocycles. The number of allylic oxidation sites excluding steroid dienone is 1. The molecule has 0 aromatic heterocycles. The lowest BCUT2D eigenvalue weighted by Gasteiger charge is -1.92. The molecule has 0 spiro atoms. The summed E-state index contributed by atoms with van der Waals surface area (Å²) in [6.07, 6.45) is -0.0941. The van der Waals surface area contributed by atoms with Crippen LogP contribution >= 0.6 is 0 Å². The van der Waals surface area contributed by atoms with Gasteiger partial charge in [-0.3, -0.25) is 9.59 Å². The normalized spacial score (nSPS) is 10.8. The van der Waals surface area contributed by atoms with Gasteiger partial charge in [-0.25, -0.2) is 9.59 Å². The van der Waals surface area contributed by atoms with Crippen LogP contribution in [0.4, 0.5) is 0 Å². The molecule has 0 aliphatic rings. The predicted octanol–water partition coefficient (Wildman–Crippen LogP) is -0.370. The second-order valence-corrected chi connectivity index (χ2v) is 2.50. The number of rotatable bonds is 5. The van der Waals surface area contributed by atoms with Crippen LogP contribution in [0.25, 0.3) is 0 Å². The SMILES string of the molecule is C/C(=C\C(=O)CC(=O)C(=O)O)C(=O)O. The van der Waals surface area contributed by atoms with Gasteiger partial charge in [0.15, 0.2) is 5.78 Å². The van der Waals surface area contributed by atoms with Crippen molar-refractivity contribution in [2.45, 2.75) is 13.3 Å². The zero-order valence-corrected chi connectivity index (χ0v) is 7.31. The van der Waals surface area contributed by atoms with Gasteiger partial charge in [0.1, 0.15) is 0 Å². The molecule has 0 radical (unpaired) electrons. The van der Waals surface area contributed by atoms with Crippen LogP contribution in [0.3, 0.4) is 0 Å². The number of carboxylic acids is 2. The average Bonchev–Trinajstić information content (AvgIpc) is 2.03. The zero-order chi connectivity index (χ0) is 11.3. The summed E-state index contributed by atoms with van der Waals surface area (Å²) in [6.45, 7) is 1.17. The first-order valence-electron chi connectivity index (χ1n) is 3.55. The van der Waals surface area contributed by atoms with E-state index in [9.17, 15) is 19.2 Å². The minimum atomic E-state index is -1.71. The van der Waals surface area contributed by atoms with Gasteiger partial charge in [0.25, 0.3) is 0 Å². The van der Waals surface area contributed by atoms with Gasteiger partial charge >= 0.3 is 11.9 Å². The fourth-order valence-electron chi connectivity index (χ4n) is 0.588. The van der Waals surface area contributed by atoms with Gasteiger partial charge in [-0.1, -0.05) is 0 Å². The molecular formula is C8H8O6. The molecule has 0 heterocycles. The van der Waals surface area contributed by atoms with E-state index in [1.165, 1.54) is 6.92 Å². The molecule has 2 N–H and O–H groups in total. The van der Waals surface area contributed by atoms with Crippen LogP contribution in [0.5, 0.6) is 0 Å². The van der Waals surface area contributed by atoms with Crippen LogP contribution in [0, 0.1) is 0 Å². The smallest absolute Gasteiger partial charge is 0.372 e. The minimum Gasteiger partial charge on any atom is -0.478 e. The monoisotopic (exact) mass is 200 g/mol. The van der Waals surface area contributed by atoms with Crippen molar-refractivity contribution in [3.05, 3.63) is 11.6 Å². The molecule has 14 heavy (non-hydrogen) atoms. The molecule has 6 nitrogen and oxygen atoms in total. The van der Waals surface area contributed by atoms with E-state index < -0.39 is 29.9 Å². The molecule has 0 aliphatic heterocycles. The van der Waals surface area contributed by atoms with Gasteiger partial charge < -0.3 is 10.2 Å². The van der Waals surface area contributed by atoms with E-state index in [1.54, 1.807) is 0 Å². The van der Waals surface area contributed by atoms with Gasteiger partial charge in [-0.15, -0.1) is 0 Å². The number of ketones is 2. The lowest BCUT2D eigenvalue weighted by molar-refractivity contribution is -0.149. The van der Waals surface area contributed by atoms with Crippen molar-refractivity contribution in [2.75, 3.05) is 0 Å². The van der Waals surface area contributed by atoms with E-state index >= 15 is 0 Å². The molecule has 0 fully saturated rings. The Morgan fingerprint density at radius 2 is 1.57 bits per heavy atom. The maximum Gasteiger partial charge on any atom is 0.372 e. The van der Waals surface area contributed by atoms with Gasteiger partial charge in [-0.05, 0) is 13.0 Å². The summed E-state index contributed by atoms with van der Waals surface area (Å²) in [7, 11) is 0. The predicted molar refractivity (Wildman–Crippen MR) is 43.7 cm³/mol. The summed E-state index contributed by atoms with van der Waals surface area (Å²) < 4.78 is 0. The third kappa shape index (κ3) is 4.15. The highest BCUT2D eigenvalue weighted by Gasteiger charge is 2.15. The van der Waals surface area contributed by atoms with Crippen molar-refractivity contribution >= 4 is 23.5 Å². The number of carbonyl (C=O) groups excluding carboxylic acids is 2. The standard InChI is InChI=1S/C8H8O6/c1-4(7(11)12)2-5(9)3-6(10)8(13)14/h2H,3H2,1H3,(H,11,12)(H,13,14)/b4-2+. The molecule has 0 saturated carbocycles. The highest BCUT2D eigenvalue weighted by atomic mass is 16.4. The molecule has 0 aromatic rings. The summed E-state index contributed by atoms with van der Waals surface area (Å²) in [5.41, 5.74) is -0.242. The number of hydrogen-bond acceptors (Lipinski definition) is 4. The second kappa shape index (κ2) is 4.90. The van der Waals surface area contributed by atoms with Gasteiger partial charge in [-0.2, -0.15) is 0 Å². The Bertz CT molecular complexity index is 325. The lowest BCUT2D eigenvalue weighted by atomic mass is 10.1. The summed E-state index contributed by atoms with van der Waals surface area (Å²) in [5.74, 6) is -5.09. The third-order valence-corrected chi connectivity index (χ3v) is 1.29. The Morgan fingerprint density at radius 3 is 1.93 bits per heavy atom. The van der Waals surface area contributed by atoms with E-state index in [0.717, 1.165) is 6.08 Å². The minimum absolute atomic E-state index is 0.242. The summed E-state index contributed by atoms with van der Waals surface area (Å²) in [6, 6.07) is 0. The first-order chi connectivity index (χ1) is 6.34.